The van der Waals surface area contributed by atoms with E-state index >= 15 is 0 Å². The van der Waals surface area contributed by atoms with E-state index in [1.807, 2.05) is 6.07 Å². The van der Waals surface area contributed by atoms with Gasteiger partial charge in [0.1, 0.15) is 0 Å². The van der Waals surface area contributed by atoms with E-state index in [1.165, 1.54) is 16.8 Å². The van der Waals surface area contributed by atoms with Gasteiger partial charge in [-0.05, 0) is 43.4 Å². The highest BCUT2D eigenvalue weighted by Crippen LogP contribution is 2.24. The minimum absolute atomic E-state index is 0.0381. The SMILES string of the molecule is Cc1cccc(N2CCN(C(=O)COC(=O)C[C@@H]3CCS(=O)(=O)C3)CC2)c1C. The lowest BCUT2D eigenvalue weighted by Gasteiger charge is -2.37. The van der Waals surface area contributed by atoms with Crippen LogP contribution in [0.3, 0.4) is 0 Å². The molecule has 1 amide bonds. The third-order valence-corrected chi connectivity index (χ3v) is 7.52. The van der Waals surface area contributed by atoms with E-state index in [2.05, 4.69) is 30.9 Å². The highest BCUT2D eigenvalue weighted by atomic mass is 32.2. The number of nitrogens with zero attached hydrogens (tertiary/aromatic N) is 2. The summed E-state index contributed by atoms with van der Waals surface area (Å²) in [6.45, 7) is 6.58. The van der Waals surface area contributed by atoms with Gasteiger partial charge in [0, 0.05) is 38.3 Å². The topological polar surface area (TPSA) is 84.0 Å². The molecule has 2 heterocycles. The number of carbonyl (C=O) groups excluding carboxylic acids is 2. The van der Waals surface area contributed by atoms with Gasteiger partial charge in [0.2, 0.25) is 0 Å². The quantitative estimate of drug-likeness (QED) is 0.684. The van der Waals surface area contributed by atoms with E-state index in [0.717, 1.165) is 13.1 Å². The van der Waals surface area contributed by atoms with E-state index in [1.54, 1.807) is 4.90 Å². The zero-order chi connectivity index (χ0) is 20.3. The zero-order valence-corrected chi connectivity index (χ0v) is 17.3. The molecule has 2 saturated heterocycles. The largest absolute Gasteiger partial charge is 0.456 e. The van der Waals surface area contributed by atoms with Crippen molar-refractivity contribution in [1.82, 2.24) is 4.90 Å². The molecule has 28 heavy (non-hydrogen) atoms. The van der Waals surface area contributed by atoms with E-state index in [4.69, 9.17) is 4.74 Å². The van der Waals surface area contributed by atoms with E-state index < -0.39 is 15.8 Å². The zero-order valence-electron chi connectivity index (χ0n) is 16.5. The van der Waals surface area contributed by atoms with Crippen molar-refractivity contribution in [2.75, 3.05) is 49.2 Å². The Balaban J connectivity index is 1.43. The van der Waals surface area contributed by atoms with Crippen molar-refractivity contribution in [3.8, 4) is 0 Å². The van der Waals surface area contributed by atoms with Crippen molar-refractivity contribution in [3.63, 3.8) is 0 Å². The molecule has 154 valence electrons. The molecule has 0 radical (unpaired) electrons. The number of ether oxygens (including phenoxy) is 1. The molecule has 0 aromatic heterocycles. The molecule has 7 nitrogen and oxygen atoms in total. The first-order valence-corrected chi connectivity index (χ1v) is 11.5. The number of esters is 1. The lowest BCUT2D eigenvalue weighted by atomic mass is 10.1. The normalized spacial score (nSPS) is 21.6. The minimum Gasteiger partial charge on any atom is -0.456 e. The fourth-order valence-electron chi connectivity index (χ4n) is 3.84. The Labute approximate surface area is 166 Å². The number of benzene rings is 1. The van der Waals surface area contributed by atoms with Crippen molar-refractivity contribution < 1.29 is 22.7 Å². The standard InChI is InChI=1S/C20H28N2O5S/c1-15-4-3-5-18(16(15)2)21-7-9-22(10-8-21)19(23)13-27-20(24)12-17-6-11-28(25,26)14-17/h3-5,17H,6-14H2,1-2H3/t17-/m0/s1. The Bertz CT molecular complexity index is 844. The molecule has 0 unspecified atom stereocenters. The van der Waals surface area contributed by atoms with Crippen LogP contribution in [0.4, 0.5) is 5.69 Å². The first-order chi connectivity index (χ1) is 13.2. The van der Waals surface area contributed by atoms with Crippen LogP contribution in [0.25, 0.3) is 0 Å². The number of aryl methyl sites for hydroxylation is 1. The Morgan fingerprint density at radius 3 is 2.50 bits per heavy atom. The lowest BCUT2D eigenvalue weighted by molar-refractivity contribution is -0.152. The highest BCUT2D eigenvalue weighted by Gasteiger charge is 2.30. The van der Waals surface area contributed by atoms with Gasteiger partial charge in [-0.1, -0.05) is 12.1 Å². The maximum absolute atomic E-state index is 12.3. The second-order valence-electron chi connectivity index (χ2n) is 7.72. The Hall–Kier alpha value is -2.09. The summed E-state index contributed by atoms with van der Waals surface area (Å²) in [5.74, 6) is -0.712. The smallest absolute Gasteiger partial charge is 0.306 e. The Morgan fingerprint density at radius 1 is 1.14 bits per heavy atom. The molecule has 1 atom stereocenters. The third-order valence-electron chi connectivity index (χ3n) is 5.69. The average Bonchev–Trinajstić information content (AvgIpc) is 3.00. The highest BCUT2D eigenvalue weighted by molar-refractivity contribution is 7.91. The maximum atomic E-state index is 12.3. The van der Waals surface area contributed by atoms with Crippen LogP contribution in [0.5, 0.6) is 0 Å². The van der Waals surface area contributed by atoms with Crippen LogP contribution in [0.15, 0.2) is 18.2 Å². The number of piperazine rings is 1. The van der Waals surface area contributed by atoms with Crippen molar-refractivity contribution in [3.05, 3.63) is 29.3 Å². The Kier molecular flexibility index (Phi) is 6.27. The predicted octanol–water partition coefficient (Wildman–Crippen LogP) is 1.32. The van der Waals surface area contributed by atoms with Gasteiger partial charge in [-0.15, -0.1) is 0 Å². The second kappa shape index (κ2) is 8.51. The number of sulfone groups is 1. The van der Waals surface area contributed by atoms with Crippen LogP contribution in [0, 0.1) is 19.8 Å². The molecular formula is C20H28N2O5S. The van der Waals surface area contributed by atoms with Crippen LogP contribution in [0.2, 0.25) is 0 Å². The van der Waals surface area contributed by atoms with Gasteiger partial charge in [0.05, 0.1) is 11.5 Å². The van der Waals surface area contributed by atoms with E-state index in [-0.39, 0.29) is 36.4 Å². The number of rotatable bonds is 5. The lowest BCUT2D eigenvalue weighted by Crippen LogP contribution is -2.50. The third kappa shape index (κ3) is 5.04. The number of anilines is 1. The molecule has 0 bridgehead atoms. The number of hydrogen-bond acceptors (Lipinski definition) is 6. The van der Waals surface area contributed by atoms with Gasteiger partial charge in [-0.2, -0.15) is 0 Å². The second-order valence-corrected chi connectivity index (χ2v) is 9.95. The average molecular weight is 409 g/mol. The molecule has 0 saturated carbocycles. The summed E-state index contributed by atoms with van der Waals surface area (Å²) in [7, 11) is -3.01. The van der Waals surface area contributed by atoms with Crippen molar-refractivity contribution in [2.45, 2.75) is 26.7 Å². The van der Waals surface area contributed by atoms with Crippen LogP contribution in [-0.2, 0) is 24.2 Å². The molecule has 3 rings (SSSR count). The summed E-state index contributed by atoms with van der Waals surface area (Å²) in [6.07, 6.45) is 0.554. The minimum atomic E-state index is -3.01. The molecule has 0 aliphatic carbocycles. The molecule has 2 aliphatic heterocycles. The summed E-state index contributed by atoms with van der Waals surface area (Å²) in [5.41, 5.74) is 3.70. The first kappa shape index (κ1) is 20.6. The summed E-state index contributed by atoms with van der Waals surface area (Å²) < 4.78 is 28.0. The van der Waals surface area contributed by atoms with Gasteiger partial charge >= 0.3 is 5.97 Å². The van der Waals surface area contributed by atoms with Crippen LogP contribution >= 0.6 is 0 Å². The molecule has 0 N–H and O–H groups in total. The van der Waals surface area contributed by atoms with Crippen molar-refractivity contribution in [2.24, 2.45) is 5.92 Å². The summed E-state index contributed by atoms with van der Waals surface area (Å²) in [4.78, 5) is 28.2. The predicted molar refractivity (Wildman–Crippen MR) is 107 cm³/mol. The fraction of sp³-hybridized carbons (Fsp3) is 0.600. The molecular weight excluding hydrogens is 380 g/mol. The van der Waals surface area contributed by atoms with Gasteiger partial charge in [-0.3, -0.25) is 9.59 Å². The molecule has 2 fully saturated rings. The monoisotopic (exact) mass is 408 g/mol. The summed E-state index contributed by atoms with van der Waals surface area (Å²) in [5, 5.41) is 0. The summed E-state index contributed by atoms with van der Waals surface area (Å²) in [6, 6.07) is 6.24. The molecule has 2 aliphatic rings. The van der Waals surface area contributed by atoms with Gasteiger partial charge in [-0.25, -0.2) is 8.42 Å². The molecule has 8 heteroatoms. The molecule has 0 spiro atoms. The first-order valence-electron chi connectivity index (χ1n) is 9.70. The number of amides is 1. The van der Waals surface area contributed by atoms with Gasteiger partial charge in [0.15, 0.2) is 16.4 Å². The van der Waals surface area contributed by atoms with Crippen LogP contribution in [-0.4, -0.2) is 69.5 Å². The van der Waals surface area contributed by atoms with Crippen molar-refractivity contribution in [1.29, 1.82) is 0 Å². The van der Waals surface area contributed by atoms with Gasteiger partial charge in [0.25, 0.3) is 5.91 Å². The molecule has 1 aromatic carbocycles. The Morgan fingerprint density at radius 2 is 1.86 bits per heavy atom. The van der Waals surface area contributed by atoms with Gasteiger partial charge < -0.3 is 14.5 Å². The van der Waals surface area contributed by atoms with Crippen molar-refractivity contribution >= 4 is 27.4 Å². The maximum Gasteiger partial charge on any atom is 0.306 e. The number of hydrogen-bond donors (Lipinski definition) is 0. The van der Waals surface area contributed by atoms with E-state index in [0.29, 0.717) is 19.5 Å². The van der Waals surface area contributed by atoms with Crippen LogP contribution in [0.1, 0.15) is 24.0 Å². The summed E-state index contributed by atoms with van der Waals surface area (Å²) >= 11 is 0. The van der Waals surface area contributed by atoms with E-state index in [9.17, 15) is 18.0 Å². The number of carbonyl (C=O) groups is 2. The molecule has 1 aromatic rings. The van der Waals surface area contributed by atoms with Crippen LogP contribution < -0.4 is 4.90 Å². The fourth-order valence-corrected chi connectivity index (χ4v) is 5.70.